The van der Waals surface area contributed by atoms with Crippen LogP contribution < -0.4 is 0 Å². The minimum absolute atomic E-state index is 0.316. The van der Waals surface area contributed by atoms with Gasteiger partial charge in [-0.15, -0.1) is 0 Å². The van der Waals surface area contributed by atoms with Crippen molar-refractivity contribution in [3.8, 4) is 0 Å². The molecule has 0 aliphatic heterocycles. The summed E-state index contributed by atoms with van der Waals surface area (Å²) in [6, 6.07) is 10.3. The van der Waals surface area contributed by atoms with E-state index in [4.69, 9.17) is 14.9 Å². The molecule has 0 radical (unpaired) electrons. The van der Waals surface area contributed by atoms with Gasteiger partial charge in [0, 0.05) is 6.61 Å². The molecule has 0 aliphatic carbocycles. The summed E-state index contributed by atoms with van der Waals surface area (Å²) in [4.78, 5) is 0. The topological polar surface area (TPSA) is 49.7 Å². The molecule has 16 heavy (non-hydrogen) atoms. The van der Waals surface area contributed by atoms with Gasteiger partial charge >= 0.3 is 0 Å². The van der Waals surface area contributed by atoms with Crippen molar-refractivity contribution >= 4 is 0 Å². The maximum atomic E-state index is 8.61. The van der Waals surface area contributed by atoms with Crippen LogP contribution in [0.25, 0.3) is 0 Å². The number of aliphatic hydroxyl groups excluding tert-OH is 2. The summed E-state index contributed by atoms with van der Waals surface area (Å²) in [5.74, 6) is 0. The lowest BCUT2D eigenvalue weighted by Gasteiger charge is -2.06. The second-order valence-electron chi connectivity index (χ2n) is 3.52. The van der Waals surface area contributed by atoms with Gasteiger partial charge in [-0.2, -0.15) is 0 Å². The zero-order chi connectivity index (χ0) is 12.2. The molecule has 0 amide bonds. The molecule has 1 aromatic carbocycles. The van der Waals surface area contributed by atoms with Crippen LogP contribution in [0.1, 0.15) is 25.3 Å². The van der Waals surface area contributed by atoms with E-state index in [9.17, 15) is 0 Å². The van der Waals surface area contributed by atoms with Crippen molar-refractivity contribution < 1.29 is 14.9 Å². The van der Waals surface area contributed by atoms with E-state index in [1.54, 1.807) is 0 Å². The lowest BCUT2D eigenvalue weighted by molar-refractivity contribution is -0.124. The number of unbranched alkanes of at least 4 members (excludes halogenated alkanes) is 1. The summed E-state index contributed by atoms with van der Waals surface area (Å²) in [5, 5.41) is 16.9. The van der Waals surface area contributed by atoms with E-state index in [0.29, 0.717) is 6.61 Å². The monoisotopic (exact) mass is 226 g/mol. The smallest absolute Gasteiger partial charge is 0.177 e. The third-order valence-electron chi connectivity index (χ3n) is 1.90. The molecule has 3 nitrogen and oxygen atoms in total. The number of aryl methyl sites for hydroxylation is 1. The van der Waals surface area contributed by atoms with Crippen LogP contribution in [0.2, 0.25) is 0 Å². The standard InChI is InChI=1S/C7H8.C6H14O3/c1-7-5-3-2-4-6-7;1-2-3-4-9-6(8)5-7/h2-6H,1H3;6-8H,2-5H2,1H3. The Hall–Kier alpha value is -0.900. The van der Waals surface area contributed by atoms with Gasteiger partial charge in [-0.1, -0.05) is 49.2 Å². The van der Waals surface area contributed by atoms with Crippen LogP contribution >= 0.6 is 0 Å². The van der Waals surface area contributed by atoms with Crippen LogP contribution in [0.15, 0.2) is 30.3 Å². The number of ether oxygens (including phenoxy) is 1. The fourth-order valence-corrected chi connectivity index (χ4v) is 0.951. The van der Waals surface area contributed by atoms with Crippen molar-refractivity contribution in [3.05, 3.63) is 35.9 Å². The van der Waals surface area contributed by atoms with E-state index in [1.807, 2.05) is 25.1 Å². The quantitative estimate of drug-likeness (QED) is 0.597. The molecule has 0 heterocycles. The molecule has 0 spiro atoms. The van der Waals surface area contributed by atoms with Gasteiger partial charge in [0.05, 0.1) is 6.61 Å². The Kier molecular flexibility index (Phi) is 10.0. The highest BCUT2D eigenvalue weighted by molar-refractivity contribution is 5.11. The first-order valence-electron chi connectivity index (χ1n) is 5.62. The fraction of sp³-hybridized carbons (Fsp3) is 0.538. The van der Waals surface area contributed by atoms with Gasteiger partial charge in [-0.25, -0.2) is 0 Å². The van der Waals surface area contributed by atoms with Gasteiger partial charge in [0.15, 0.2) is 6.29 Å². The van der Waals surface area contributed by atoms with Gasteiger partial charge in [0.1, 0.15) is 0 Å². The minimum Gasteiger partial charge on any atom is -0.391 e. The van der Waals surface area contributed by atoms with Crippen LogP contribution in [0.3, 0.4) is 0 Å². The lowest BCUT2D eigenvalue weighted by Crippen LogP contribution is -2.16. The molecule has 0 saturated carbocycles. The van der Waals surface area contributed by atoms with Crippen LogP contribution in [0, 0.1) is 6.92 Å². The van der Waals surface area contributed by atoms with Gasteiger partial charge < -0.3 is 14.9 Å². The Balaban J connectivity index is 0.000000288. The van der Waals surface area contributed by atoms with Crippen LogP contribution in [0.5, 0.6) is 0 Å². The van der Waals surface area contributed by atoms with Crippen molar-refractivity contribution in [2.75, 3.05) is 13.2 Å². The molecule has 3 heteroatoms. The van der Waals surface area contributed by atoms with Gasteiger partial charge in [-0.05, 0) is 13.3 Å². The summed E-state index contributed by atoms with van der Waals surface area (Å²) in [6.07, 6.45) is 0.978. The maximum absolute atomic E-state index is 8.61. The average molecular weight is 226 g/mol. The van der Waals surface area contributed by atoms with Crippen LogP contribution in [-0.4, -0.2) is 29.7 Å². The summed E-state index contributed by atoms with van der Waals surface area (Å²) in [5.41, 5.74) is 1.32. The van der Waals surface area contributed by atoms with Crippen LogP contribution in [0.4, 0.5) is 0 Å². The summed E-state index contributed by atoms with van der Waals surface area (Å²) in [6.45, 7) is 4.33. The highest BCUT2D eigenvalue weighted by Gasteiger charge is 1.98. The van der Waals surface area contributed by atoms with Gasteiger partial charge in [0.2, 0.25) is 0 Å². The number of aliphatic hydroxyl groups is 2. The van der Waals surface area contributed by atoms with Gasteiger partial charge in [-0.3, -0.25) is 0 Å². The zero-order valence-electron chi connectivity index (χ0n) is 10.1. The molecule has 2 N–H and O–H groups in total. The molecule has 0 fully saturated rings. The molecule has 1 aromatic rings. The van der Waals surface area contributed by atoms with E-state index < -0.39 is 6.29 Å². The molecular formula is C13H22O3. The summed E-state index contributed by atoms with van der Waals surface area (Å²) in [7, 11) is 0. The molecule has 92 valence electrons. The first kappa shape index (κ1) is 15.1. The molecular weight excluding hydrogens is 204 g/mol. The fourth-order valence-electron chi connectivity index (χ4n) is 0.951. The highest BCUT2D eigenvalue weighted by atomic mass is 16.6. The van der Waals surface area contributed by atoms with Crippen molar-refractivity contribution in [1.82, 2.24) is 0 Å². The predicted octanol–water partition coefficient (Wildman–Crippen LogP) is 2.11. The molecule has 0 saturated heterocycles. The maximum Gasteiger partial charge on any atom is 0.177 e. The first-order chi connectivity index (χ1) is 7.70. The third-order valence-corrected chi connectivity index (χ3v) is 1.90. The third kappa shape index (κ3) is 9.65. The lowest BCUT2D eigenvalue weighted by atomic mass is 10.2. The van der Waals surface area contributed by atoms with Crippen molar-refractivity contribution in [2.24, 2.45) is 0 Å². The van der Waals surface area contributed by atoms with E-state index in [0.717, 1.165) is 12.8 Å². The molecule has 1 rings (SSSR count). The first-order valence-corrected chi connectivity index (χ1v) is 5.62. The van der Waals surface area contributed by atoms with E-state index in [1.165, 1.54) is 5.56 Å². The van der Waals surface area contributed by atoms with E-state index >= 15 is 0 Å². The van der Waals surface area contributed by atoms with Crippen molar-refractivity contribution in [2.45, 2.75) is 33.0 Å². The minimum atomic E-state index is -0.989. The number of benzene rings is 1. The molecule has 0 aliphatic rings. The Bertz CT molecular complexity index is 236. The molecule has 1 unspecified atom stereocenters. The zero-order valence-corrected chi connectivity index (χ0v) is 10.1. The molecule has 1 atom stereocenters. The van der Waals surface area contributed by atoms with Crippen LogP contribution in [-0.2, 0) is 4.74 Å². The van der Waals surface area contributed by atoms with Gasteiger partial charge in [0.25, 0.3) is 0 Å². The average Bonchev–Trinajstić information content (AvgIpc) is 2.31. The Labute approximate surface area is 97.7 Å². The molecule has 0 bridgehead atoms. The second-order valence-corrected chi connectivity index (χ2v) is 3.52. The Morgan fingerprint density at radius 1 is 1.25 bits per heavy atom. The summed E-state index contributed by atoms with van der Waals surface area (Å²) < 4.78 is 4.74. The van der Waals surface area contributed by atoms with Crippen molar-refractivity contribution in [3.63, 3.8) is 0 Å². The number of hydrogen-bond donors (Lipinski definition) is 2. The summed E-state index contributed by atoms with van der Waals surface area (Å²) >= 11 is 0. The normalized spacial score (nSPS) is 11.5. The predicted molar refractivity (Wildman–Crippen MR) is 65.1 cm³/mol. The number of hydrogen-bond acceptors (Lipinski definition) is 3. The largest absolute Gasteiger partial charge is 0.391 e. The van der Waals surface area contributed by atoms with E-state index in [-0.39, 0.29) is 6.61 Å². The molecule has 0 aromatic heterocycles. The Morgan fingerprint density at radius 3 is 2.25 bits per heavy atom. The highest BCUT2D eigenvalue weighted by Crippen LogP contribution is 1.92. The second kappa shape index (κ2) is 10.6. The van der Waals surface area contributed by atoms with Crippen molar-refractivity contribution in [1.29, 1.82) is 0 Å². The number of rotatable bonds is 5. The van der Waals surface area contributed by atoms with E-state index in [2.05, 4.69) is 19.1 Å². The Morgan fingerprint density at radius 2 is 1.88 bits per heavy atom. The SMILES string of the molecule is CCCCOC(O)CO.Cc1ccccc1.